The molecule has 5 heteroatoms. The first-order valence-electron chi connectivity index (χ1n) is 6.87. The molecule has 0 unspecified atom stereocenters. The first kappa shape index (κ1) is 11.3. The molecule has 3 heterocycles. The Bertz CT molecular complexity index is 989. The van der Waals surface area contributed by atoms with Crippen LogP contribution in [0.2, 0.25) is 0 Å². The minimum absolute atomic E-state index is 0.984. The topological polar surface area (TPSA) is 46.5 Å². The fraction of sp³-hybridized carbons (Fsp3) is 0.125. The molecular formula is C16H12N4S. The molecule has 21 heavy (non-hydrogen) atoms. The van der Waals surface area contributed by atoms with E-state index >= 15 is 0 Å². The Morgan fingerprint density at radius 3 is 3.19 bits per heavy atom. The predicted octanol–water partition coefficient (Wildman–Crippen LogP) is 3.60. The van der Waals surface area contributed by atoms with Crippen LogP contribution >= 0.6 is 11.3 Å². The molecule has 0 aliphatic heterocycles. The van der Waals surface area contributed by atoms with E-state index in [0.29, 0.717) is 0 Å². The third-order valence-corrected chi connectivity index (χ3v) is 5.16. The number of hydrogen-bond donors (Lipinski definition) is 1. The smallest absolute Gasteiger partial charge is 0.0963 e. The zero-order valence-corrected chi connectivity index (χ0v) is 12.2. The van der Waals surface area contributed by atoms with Gasteiger partial charge >= 0.3 is 0 Å². The maximum atomic E-state index is 4.56. The molecule has 0 fully saturated rings. The second kappa shape index (κ2) is 3.83. The van der Waals surface area contributed by atoms with Gasteiger partial charge in [0.1, 0.15) is 0 Å². The van der Waals surface area contributed by atoms with E-state index in [1.165, 1.54) is 21.7 Å². The van der Waals surface area contributed by atoms with Crippen LogP contribution in [0.15, 0.2) is 35.8 Å². The van der Waals surface area contributed by atoms with Crippen molar-refractivity contribution in [2.45, 2.75) is 6.42 Å². The van der Waals surface area contributed by atoms with E-state index in [4.69, 9.17) is 0 Å². The molecular weight excluding hydrogens is 280 g/mol. The molecule has 0 atom stereocenters. The Kier molecular flexibility index (Phi) is 2.06. The standard InChI is InChI=1S/C16H12N4S/c1-20-13-6-9(2-3-10(13)8-17-20)15-12-7-14-11(4-5-21-14)16(12)19-18-15/h2-6,8H,7H2,1H3,(H,18,19). The number of aromatic amines is 1. The monoisotopic (exact) mass is 292 g/mol. The number of nitrogens with zero attached hydrogens (tertiary/aromatic N) is 3. The number of thiophene rings is 1. The highest BCUT2D eigenvalue weighted by atomic mass is 32.1. The predicted molar refractivity (Wildman–Crippen MR) is 84.4 cm³/mol. The highest BCUT2D eigenvalue weighted by Crippen LogP contribution is 2.42. The molecule has 5 rings (SSSR count). The molecule has 1 aromatic carbocycles. The Labute approximate surface area is 125 Å². The number of benzene rings is 1. The summed E-state index contributed by atoms with van der Waals surface area (Å²) in [4.78, 5) is 1.43. The molecule has 102 valence electrons. The quantitative estimate of drug-likeness (QED) is 0.513. The van der Waals surface area contributed by atoms with Gasteiger partial charge in [-0.1, -0.05) is 12.1 Å². The third-order valence-electron chi connectivity index (χ3n) is 4.24. The summed E-state index contributed by atoms with van der Waals surface area (Å²) in [5, 5.41) is 15.4. The number of rotatable bonds is 1. The molecule has 4 aromatic rings. The number of aryl methyl sites for hydroxylation is 1. The SMILES string of the molecule is Cn1ncc2ccc(-c3n[nH]c4c3Cc3sccc3-4)cc21. The van der Waals surface area contributed by atoms with Gasteiger partial charge in [0.25, 0.3) is 0 Å². The van der Waals surface area contributed by atoms with Gasteiger partial charge in [0.05, 0.1) is 23.1 Å². The fourth-order valence-corrected chi connectivity index (χ4v) is 4.04. The second-order valence-electron chi connectivity index (χ2n) is 5.40. The highest BCUT2D eigenvalue weighted by molar-refractivity contribution is 7.10. The van der Waals surface area contributed by atoms with Crippen molar-refractivity contribution >= 4 is 22.2 Å². The molecule has 1 aliphatic rings. The van der Waals surface area contributed by atoms with Crippen LogP contribution < -0.4 is 0 Å². The van der Waals surface area contributed by atoms with Crippen molar-refractivity contribution in [2.75, 3.05) is 0 Å². The van der Waals surface area contributed by atoms with Gasteiger partial charge in [-0.25, -0.2) is 0 Å². The van der Waals surface area contributed by atoms with E-state index in [2.05, 4.69) is 44.9 Å². The second-order valence-corrected chi connectivity index (χ2v) is 6.40. The molecule has 0 bridgehead atoms. The summed E-state index contributed by atoms with van der Waals surface area (Å²) in [5.41, 5.74) is 7.17. The summed E-state index contributed by atoms with van der Waals surface area (Å²) >= 11 is 1.82. The van der Waals surface area contributed by atoms with Crippen molar-refractivity contribution in [3.63, 3.8) is 0 Å². The minimum atomic E-state index is 0.984. The molecule has 0 saturated carbocycles. The number of hydrogen-bond acceptors (Lipinski definition) is 3. The number of aromatic nitrogens is 4. The summed E-state index contributed by atoms with van der Waals surface area (Å²) in [6.07, 6.45) is 2.88. The zero-order chi connectivity index (χ0) is 14.0. The van der Waals surface area contributed by atoms with Gasteiger partial charge in [-0.2, -0.15) is 10.2 Å². The van der Waals surface area contributed by atoms with Crippen molar-refractivity contribution < 1.29 is 0 Å². The van der Waals surface area contributed by atoms with E-state index in [1.807, 2.05) is 29.3 Å². The van der Waals surface area contributed by atoms with E-state index in [-0.39, 0.29) is 0 Å². The Morgan fingerprint density at radius 2 is 2.24 bits per heavy atom. The summed E-state index contributed by atoms with van der Waals surface area (Å²) in [5.74, 6) is 0. The largest absolute Gasteiger partial charge is 0.277 e. The molecule has 4 nitrogen and oxygen atoms in total. The van der Waals surface area contributed by atoms with Crippen molar-refractivity contribution in [1.29, 1.82) is 0 Å². The summed E-state index contributed by atoms with van der Waals surface area (Å²) in [6.45, 7) is 0. The van der Waals surface area contributed by atoms with Crippen LogP contribution in [-0.2, 0) is 13.5 Å². The number of H-pyrrole nitrogens is 1. The van der Waals surface area contributed by atoms with Crippen LogP contribution in [-0.4, -0.2) is 20.0 Å². The van der Waals surface area contributed by atoms with Crippen LogP contribution in [0.5, 0.6) is 0 Å². The van der Waals surface area contributed by atoms with Gasteiger partial charge < -0.3 is 0 Å². The van der Waals surface area contributed by atoms with Crippen LogP contribution in [0.4, 0.5) is 0 Å². The van der Waals surface area contributed by atoms with E-state index in [9.17, 15) is 0 Å². The first-order valence-corrected chi connectivity index (χ1v) is 7.75. The average Bonchev–Trinajstić information content (AvgIpc) is 3.20. The van der Waals surface area contributed by atoms with Gasteiger partial charge in [-0.3, -0.25) is 9.78 Å². The lowest BCUT2D eigenvalue weighted by Gasteiger charge is -2.01. The van der Waals surface area contributed by atoms with Crippen LogP contribution in [0.1, 0.15) is 10.4 Å². The Balaban J connectivity index is 1.71. The Morgan fingerprint density at radius 1 is 1.29 bits per heavy atom. The molecule has 3 aromatic heterocycles. The van der Waals surface area contributed by atoms with Crippen molar-refractivity contribution in [3.8, 4) is 22.5 Å². The lowest BCUT2D eigenvalue weighted by molar-refractivity contribution is 0.797. The first-order chi connectivity index (χ1) is 10.3. The van der Waals surface area contributed by atoms with Gasteiger partial charge in [-0.05, 0) is 17.5 Å². The van der Waals surface area contributed by atoms with Crippen molar-refractivity contribution in [1.82, 2.24) is 20.0 Å². The van der Waals surface area contributed by atoms with Gasteiger partial charge in [0, 0.05) is 40.4 Å². The molecule has 0 amide bonds. The fourth-order valence-electron chi connectivity index (χ4n) is 3.15. The maximum Gasteiger partial charge on any atom is 0.0963 e. The number of fused-ring (bicyclic) bond motifs is 4. The normalized spacial score (nSPS) is 12.8. The highest BCUT2D eigenvalue weighted by Gasteiger charge is 2.26. The molecule has 1 aliphatic carbocycles. The summed E-state index contributed by atoms with van der Waals surface area (Å²) < 4.78 is 1.91. The van der Waals surface area contributed by atoms with E-state index in [1.54, 1.807) is 0 Å². The van der Waals surface area contributed by atoms with Gasteiger partial charge in [-0.15, -0.1) is 11.3 Å². The summed E-state index contributed by atoms with van der Waals surface area (Å²) in [7, 11) is 1.97. The van der Waals surface area contributed by atoms with Crippen LogP contribution in [0.25, 0.3) is 33.4 Å². The van der Waals surface area contributed by atoms with Crippen molar-refractivity contribution in [3.05, 3.63) is 46.3 Å². The molecule has 1 N–H and O–H groups in total. The van der Waals surface area contributed by atoms with E-state index in [0.717, 1.165) is 28.6 Å². The van der Waals surface area contributed by atoms with Crippen molar-refractivity contribution in [2.24, 2.45) is 7.05 Å². The maximum absolute atomic E-state index is 4.56. The number of nitrogens with one attached hydrogen (secondary N) is 1. The molecule has 0 spiro atoms. The molecule has 0 saturated heterocycles. The van der Waals surface area contributed by atoms with Gasteiger partial charge in [0.15, 0.2) is 0 Å². The minimum Gasteiger partial charge on any atom is -0.277 e. The third kappa shape index (κ3) is 1.44. The van der Waals surface area contributed by atoms with Crippen LogP contribution in [0, 0.1) is 0 Å². The van der Waals surface area contributed by atoms with Crippen LogP contribution in [0.3, 0.4) is 0 Å². The lowest BCUT2D eigenvalue weighted by Crippen LogP contribution is -1.90. The Hall–Kier alpha value is -2.40. The zero-order valence-electron chi connectivity index (χ0n) is 11.4. The summed E-state index contributed by atoms with van der Waals surface area (Å²) in [6, 6.07) is 8.60. The van der Waals surface area contributed by atoms with Gasteiger partial charge in [0.2, 0.25) is 0 Å². The lowest BCUT2D eigenvalue weighted by atomic mass is 10.0. The molecule has 0 radical (unpaired) electrons. The van der Waals surface area contributed by atoms with E-state index < -0.39 is 0 Å². The average molecular weight is 292 g/mol.